The Balaban J connectivity index is 1.78. The van der Waals surface area contributed by atoms with Crippen molar-refractivity contribution in [2.45, 2.75) is 31.6 Å². The molecular weight excluding hydrogens is 423 g/mol. The van der Waals surface area contributed by atoms with Gasteiger partial charge in [0.1, 0.15) is 6.10 Å². The number of aliphatic hydroxyl groups is 2. The van der Waals surface area contributed by atoms with Crippen molar-refractivity contribution in [3.8, 4) is 11.8 Å². The lowest BCUT2D eigenvalue weighted by molar-refractivity contribution is -0.136. The lowest BCUT2D eigenvalue weighted by Crippen LogP contribution is -2.45. The number of rotatable bonds is 3. The van der Waals surface area contributed by atoms with Gasteiger partial charge in [-0.2, -0.15) is 4.39 Å². The number of imidazole rings is 1. The highest BCUT2D eigenvalue weighted by atomic mass is 32.1. The summed E-state index contributed by atoms with van der Waals surface area (Å²) < 4.78 is 14.8. The Hall–Kier alpha value is -3.07. The summed E-state index contributed by atoms with van der Waals surface area (Å²) in [6.45, 7) is 1.61. The maximum atomic E-state index is 13.2. The van der Waals surface area contributed by atoms with Crippen molar-refractivity contribution < 1.29 is 19.4 Å². The van der Waals surface area contributed by atoms with Crippen LogP contribution in [0.15, 0.2) is 18.5 Å². The van der Waals surface area contributed by atoms with Crippen molar-refractivity contribution in [3.63, 3.8) is 0 Å². The number of hydrogen-bond donors (Lipinski definition) is 4. The smallest absolute Gasteiger partial charge is 0.228 e. The molecule has 0 spiro atoms. The molecule has 3 heterocycles. The van der Waals surface area contributed by atoms with Crippen molar-refractivity contribution in [2.75, 3.05) is 19.4 Å². The minimum absolute atomic E-state index is 0.189. The molecule has 11 heteroatoms. The monoisotopic (exact) mass is 444 g/mol. The van der Waals surface area contributed by atoms with Crippen LogP contribution in [0.2, 0.25) is 0 Å². The Labute approximate surface area is 181 Å². The Bertz CT molecular complexity index is 1210. The van der Waals surface area contributed by atoms with Gasteiger partial charge in [-0.15, -0.1) is 0 Å². The van der Waals surface area contributed by atoms with Gasteiger partial charge in [0.15, 0.2) is 22.1 Å². The fourth-order valence-electron chi connectivity index (χ4n) is 3.93. The Morgan fingerprint density at radius 1 is 1.32 bits per heavy atom. The lowest BCUT2D eigenvalue weighted by atomic mass is 9.85. The number of aliphatic hydroxyl groups excluding tert-OH is 2. The van der Waals surface area contributed by atoms with Gasteiger partial charge in [0, 0.05) is 14.1 Å². The fourth-order valence-corrected chi connectivity index (χ4v) is 4.51. The molecule has 1 aliphatic rings. The number of nitrogens with zero attached hydrogens (tertiary/aromatic N) is 4. The summed E-state index contributed by atoms with van der Waals surface area (Å²) in [6.07, 6.45) is -0.762. The predicted molar refractivity (Wildman–Crippen MR) is 113 cm³/mol. The molecule has 9 nitrogen and oxygen atoms in total. The quantitative estimate of drug-likeness (QED) is 0.442. The third-order valence-electron chi connectivity index (χ3n) is 5.64. The normalized spacial score (nSPS) is 25.3. The van der Waals surface area contributed by atoms with Crippen LogP contribution in [0.25, 0.3) is 11.2 Å². The van der Waals surface area contributed by atoms with E-state index in [1.165, 1.54) is 19.4 Å². The van der Waals surface area contributed by atoms with Crippen LogP contribution in [0, 0.1) is 22.4 Å². The molecule has 31 heavy (non-hydrogen) atoms. The Morgan fingerprint density at radius 3 is 2.74 bits per heavy atom. The topological polar surface area (TPSA) is 125 Å². The Morgan fingerprint density at radius 2 is 2.10 bits per heavy atom. The van der Waals surface area contributed by atoms with Gasteiger partial charge in [0.05, 0.1) is 28.8 Å². The van der Waals surface area contributed by atoms with Gasteiger partial charge in [-0.1, -0.05) is 11.3 Å². The molecule has 0 saturated heterocycles. The van der Waals surface area contributed by atoms with Gasteiger partial charge in [0.25, 0.3) is 0 Å². The van der Waals surface area contributed by atoms with Crippen molar-refractivity contribution in [1.29, 1.82) is 0 Å². The summed E-state index contributed by atoms with van der Waals surface area (Å²) in [4.78, 5) is 26.1. The minimum Gasteiger partial charge on any atom is -0.389 e. The van der Waals surface area contributed by atoms with E-state index in [-0.39, 0.29) is 23.3 Å². The van der Waals surface area contributed by atoms with Gasteiger partial charge >= 0.3 is 0 Å². The molecule has 0 bridgehead atoms. The zero-order chi connectivity index (χ0) is 22.3. The van der Waals surface area contributed by atoms with Crippen LogP contribution in [-0.4, -0.2) is 61.9 Å². The molecule has 162 valence electrons. The SMILES string of the molecule is CNC(=O)C1(C)C[C@@H](n2cnc3c(NC)nc(C#Cc4ccc(F)s4)nc32)[C@H](O)[C@@H]1O. The summed E-state index contributed by atoms with van der Waals surface area (Å²) in [7, 11) is 3.17. The van der Waals surface area contributed by atoms with E-state index >= 15 is 0 Å². The number of amides is 1. The number of carbonyl (C=O) groups is 1. The molecule has 1 amide bonds. The number of halogens is 1. The summed E-state index contributed by atoms with van der Waals surface area (Å²) in [6, 6.07) is 2.28. The van der Waals surface area contributed by atoms with E-state index < -0.39 is 23.7 Å². The fraction of sp³-hybridized carbons (Fsp3) is 0.400. The molecule has 0 aliphatic heterocycles. The van der Waals surface area contributed by atoms with E-state index in [9.17, 15) is 19.4 Å². The first-order chi connectivity index (χ1) is 14.8. The van der Waals surface area contributed by atoms with E-state index in [2.05, 4.69) is 37.4 Å². The largest absolute Gasteiger partial charge is 0.389 e. The minimum atomic E-state index is -1.26. The molecule has 4 rings (SSSR count). The maximum Gasteiger partial charge on any atom is 0.228 e. The summed E-state index contributed by atoms with van der Waals surface area (Å²) in [5.41, 5.74) is -0.302. The number of hydrogen-bond acceptors (Lipinski definition) is 8. The number of nitrogens with one attached hydrogen (secondary N) is 2. The average molecular weight is 444 g/mol. The van der Waals surface area contributed by atoms with Crippen molar-refractivity contribution in [1.82, 2.24) is 24.8 Å². The number of fused-ring (bicyclic) bond motifs is 1. The second-order valence-electron chi connectivity index (χ2n) is 7.53. The van der Waals surface area contributed by atoms with E-state index in [0.717, 1.165) is 11.3 Å². The van der Waals surface area contributed by atoms with Crippen LogP contribution in [0.1, 0.15) is 30.1 Å². The molecule has 1 unspecified atom stereocenters. The molecule has 1 fully saturated rings. The predicted octanol–water partition coefficient (Wildman–Crippen LogP) is 0.887. The molecule has 4 N–H and O–H groups in total. The molecule has 0 aromatic carbocycles. The van der Waals surface area contributed by atoms with Crippen LogP contribution < -0.4 is 10.6 Å². The van der Waals surface area contributed by atoms with Crippen molar-refractivity contribution in [2.24, 2.45) is 5.41 Å². The molecule has 1 aliphatic carbocycles. The second kappa shape index (κ2) is 7.88. The third kappa shape index (κ3) is 3.52. The summed E-state index contributed by atoms with van der Waals surface area (Å²) in [5, 5.41) is 26.5. The lowest BCUT2D eigenvalue weighted by Gasteiger charge is -2.26. The molecule has 3 aromatic heterocycles. The number of carbonyl (C=O) groups excluding carboxylic acids is 1. The first-order valence-electron chi connectivity index (χ1n) is 9.56. The van der Waals surface area contributed by atoms with Crippen LogP contribution >= 0.6 is 11.3 Å². The first kappa shape index (κ1) is 21.2. The van der Waals surface area contributed by atoms with E-state index in [1.54, 1.807) is 24.6 Å². The molecule has 1 saturated carbocycles. The number of thiophene rings is 1. The first-order valence-corrected chi connectivity index (χ1v) is 10.4. The van der Waals surface area contributed by atoms with Crippen molar-refractivity contribution in [3.05, 3.63) is 34.3 Å². The van der Waals surface area contributed by atoms with Gasteiger partial charge < -0.3 is 25.4 Å². The molecular formula is C20H21FN6O3S. The highest BCUT2D eigenvalue weighted by molar-refractivity contribution is 7.10. The van der Waals surface area contributed by atoms with Crippen LogP contribution in [0.5, 0.6) is 0 Å². The van der Waals surface area contributed by atoms with Gasteiger partial charge in [-0.25, -0.2) is 15.0 Å². The second-order valence-corrected chi connectivity index (χ2v) is 8.56. The van der Waals surface area contributed by atoms with Crippen molar-refractivity contribution >= 4 is 34.2 Å². The highest BCUT2D eigenvalue weighted by Crippen LogP contribution is 2.45. The standard InChI is InChI=1S/C20H21FN6O3S/c1-20(19(30)23-3)8-11(15(28)16(20)29)27-9-24-14-17(22-2)25-13(26-18(14)27)7-5-10-4-6-12(21)31-10/h4,6,9,11,15-16,28-29H,8H2,1-3H3,(H,23,30)(H,22,25,26)/t11-,15+,16+,20?/m1/s1. The molecule has 4 atom stereocenters. The highest BCUT2D eigenvalue weighted by Gasteiger charge is 2.54. The number of aromatic nitrogens is 4. The number of anilines is 1. The zero-order valence-corrected chi connectivity index (χ0v) is 17.9. The molecule has 0 radical (unpaired) electrons. The van der Waals surface area contributed by atoms with Crippen LogP contribution in [0.4, 0.5) is 10.2 Å². The molecule has 3 aromatic rings. The van der Waals surface area contributed by atoms with Gasteiger partial charge in [-0.05, 0) is 37.3 Å². The summed E-state index contributed by atoms with van der Waals surface area (Å²) in [5.74, 6) is 5.93. The van der Waals surface area contributed by atoms with E-state index in [1.807, 2.05) is 0 Å². The van der Waals surface area contributed by atoms with Gasteiger partial charge in [-0.3, -0.25) is 4.79 Å². The summed E-state index contributed by atoms with van der Waals surface area (Å²) >= 11 is 0.923. The Kier molecular flexibility index (Phi) is 5.38. The zero-order valence-electron chi connectivity index (χ0n) is 17.0. The maximum absolute atomic E-state index is 13.2. The van der Waals surface area contributed by atoms with Crippen LogP contribution in [0.3, 0.4) is 0 Å². The average Bonchev–Trinajstić information content (AvgIpc) is 3.44. The van der Waals surface area contributed by atoms with Crippen LogP contribution in [-0.2, 0) is 4.79 Å². The van der Waals surface area contributed by atoms with E-state index in [4.69, 9.17) is 0 Å². The van der Waals surface area contributed by atoms with Gasteiger partial charge in [0.2, 0.25) is 11.7 Å². The van der Waals surface area contributed by atoms with E-state index in [0.29, 0.717) is 21.9 Å². The third-order valence-corrected chi connectivity index (χ3v) is 6.42.